The molecule has 0 saturated carbocycles. The van der Waals surface area contributed by atoms with E-state index >= 15 is 0 Å². The molecule has 0 aromatic carbocycles. The quantitative estimate of drug-likeness (QED) is 0.704. The van der Waals surface area contributed by atoms with Gasteiger partial charge in [-0.3, -0.25) is 14.3 Å². The van der Waals surface area contributed by atoms with Crippen molar-refractivity contribution in [1.29, 1.82) is 0 Å². The van der Waals surface area contributed by atoms with Crippen LogP contribution in [0.2, 0.25) is 0 Å². The SMILES string of the molecule is C[C@H]1Cc2nn(Cc3ccc(C(F)(F)F)nc3)c(=O)n2[C@@H](C(=O)N2CC[C@H](F)C2)C1. The van der Waals surface area contributed by atoms with Gasteiger partial charge in [0.05, 0.1) is 13.1 Å². The van der Waals surface area contributed by atoms with Gasteiger partial charge in [-0.15, -0.1) is 0 Å². The Balaban J connectivity index is 1.61. The predicted molar refractivity (Wildman–Crippen MR) is 97.4 cm³/mol. The highest BCUT2D eigenvalue weighted by Gasteiger charge is 2.38. The van der Waals surface area contributed by atoms with Crippen LogP contribution in [0, 0.1) is 5.92 Å². The molecule has 1 amide bonds. The number of carbonyl (C=O) groups excluding carboxylic acids is 1. The maximum atomic E-state index is 13.5. The smallest absolute Gasteiger partial charge is 0.338 e. The lowest BCUT2D eigenvalue weighted by Gasteiger charge is -2.30. The summed E-state index contributed by atoms with van der Waals surface area (Å²) in [6, 6.07) is 1.35. The van der Waals surface area contributed by atoms with E-state index < -0.39 is 29.8 Å². The zero-order valence-electron chi connectivity index (χ0n) is 16.3. The van der Waals surface area contributed by atoms with Gasteiger partial charge in [0.25, 0.3) is 0 Å². The second kappa shape index (κ2) is 7.51. The van der Waals surface area contributed by atoms with E-state index in [1.54, 1.807) is 0 Å². The maximum Gasteiger partial charge on any atom is 0.433 e. The molecule has 1 fully saturated rings. The highest BCUT2D eigenvalue weighted by atomic mass is 19.4. The molecular formula is C19H21F4N5O2. The summed E-state index contributed by atoms with van der Waals surface area (Å²) in [4.78, 5) is 30.8. The standard InChI is InChI=1S/C19H21F4N5O2/c1-11-6-14(17(29)26-5-4-13(20)10-26)28-16(7-11)25-27(18(28)30)9-12-2-3-15(24-8-12)19(21,22)23/h2-3,8,11,13-14H,4-7,9-10H2,1H3/t11-,13+,14-/m1/s1. The number of amides is 1. The van der Waals surface area contributed by atoms with E-state index in [1.165, 1.54) is 15.5 Å². The van der Waals surface area contributed by atoms with Crippen LogP contribution in [0.1, 0.15) is 42.9 Å². The van der Waals surface area contributed by atoms with Crippen molar-refractivity contribution in [2.24, 2.45) is 5.92 Å². The summed E-state index contributed by atoms with van der Waals surface area (Å²) in [5, 5.41) is 4.31. The molecule has 7 nitrogen and oxygen atoms in total. The Labute approximate surface area is 169 Å². The van der Waals surface area contributed by atoms with Crippen LogP contribution in [0.5, 0.6) is 0 Å². The molecule has 2 aliphatic rings. The van der Waals surface area contributed by atoms with Crippen molar-refractivity contribution in [1.82, 2.24) is 24.2 Å². The molecule has 0 spiro atoms. The van der Waals surface area contributed by atoms with Gasteiger partial charge in [0, 0.05) is 19.2 Å². The van der Waals surface area contributed by atoms with Gasteiger partial charge in [0.15, 0.2) is 0 Å². The second-order valence-corrected chi connectivity index (χ2v) is 8.01. The van der Waals surface area contributed by atoms with Crippen LogP contribution >= 0.6 is 0 Å². The van der Waals surface area contributed by atoms with E-state index in [9.17, 15) is 27.2 Å². The van der Waals surface area contributed by atoms with E-state index in [2.05, 4.69) is 10.1 Å². The molecule has 162 valence electrons. The maximum absolute atomic E-state index is 13.5. The molecule has 2 aromatic heterocycles. The van der Waals surface area contributed by atoms with Gasteiger partial charge in [-0.2, -0.15) is 18.3 Å². The Bertz CT molecular complexity index is 998. The van der Waals surface area contributed by atoms with Crippen molar-refractivity contribution in [3.05, 3.63) is 45.9 Å². The number of likely N-dealkylation sites (tertiary alicyclic amines) is 1. The molecule has 0 unspecified atom stereocenters. The number of nitrogens with zero attached hydrogens (tertiary/aromatic N) is 5. The van der Waals surface area contributed by atoms with Gasteiger partial charge < -0.3 is 4.90 Å². The van der Waals surface area contributed by atoms with Gasteiger partial charge in [0.2, 0.25) is 5.91 Å². The van der Waals surface area contributed by atoms with Gasteiger partial charge >= 0.3 is 11.9 Å². The molecule has 4 heterocycles. The van der Waals surface area contributed by atoms with Crippen LogP contribution in [-0.4, -0.2) is 49.4 Å². The zero-order chi connectivity index (χ0) is 21.6. The molecule has 3 atom stereocenters. The van der Waals surface area contributed by atoms with Gasteiger partial charge in [-0.05, 0) is 30.4 Å². The van der Waals surface area contributed by atoms with Crippen LogP contribution in [0.4, 0.5) is 17.6 Å². The molecule has 2 aromatic rings. The number of fused-ring (bicyclic) bond motifs is 1. The van der Waals surface area contributed by atoms with Gasteiger partial charge in [-0.1, -0.05) is 13.0 Å². The van der Waals surface area contributed by atoms with Crippen molar-refractivity contribution < 1.29 is 22.4 Å². The number of hydrogen-bond donors (Lipinski definition) is 0. The van der Waals surface area contributed by atoms with Crippen LogP contribution in [0.25, 0.3) is 0 Å². The summed E-state index contributed by atoms with van der Waals surface area (Å²) in [5.41, 5.74) is -1.14. The number of rotatable bonds is 3. The Hall–Kier alpha value is -2.72. The van der Waals surface area contributed by atoms with Crippen molar-refractivity contribution in [2.45, 2.75) is 51.1 Å². The van der Waals surface area contributed by atoms with Gasteiger partial charge in [-0.25, -0.2) is 13.9 Å². The number of aromatic nitrogens is 4. The minimum atomic E-state index is -4.54. The molecule has 11 heteroatoms. The lowest BCUT2D eigenvalue weighted by Crippen LogP contribution is -2.43. The molecule has 0 radical (unpaired) electrons. The van der Waals surface area contributed by atoms with Crippen molar-refractivity contribution >= 4 is 5.91 Å². The fourth-order valence-electron chi connectivity index (χ4n) is 4.10. The molecular weight excluding hydrogens is 406 g/mol. The topological polar surface area (TPSA) is 73.0 Å². The highest BCUT2D eigenvalue weighted by molar-refractivity contribution is 5.81. The highest BCUT2D eigenvalue weighted by Crippen LogP contribution is 2.30. The fourth-order valence-corrected chi connectivity index (χ4v) is 4.10. The van der Waals surface area contributed by atoms with E-state index in [-0.39, 0.29) is 31.3 Å². The van der Waals surface area contributed by atoms with Crippen LogP contribution in [0.15, 0.2) is 23.1 Å². The first-order valence-corrected chi connectivity index (χ1v) is 9.76. The van der Waals surface area contributed by atoms with Crippen LogP contribution < -0.4 is 5.69 Å². The van der Waals surface area contributed by atoms with Gasteiger partial charge in [0.1, 0.15) is 23.7 Å². The predicted octanol–water partition coefficient (Wildman–Crippen LogP) is 2.20. The van der Waals surface area contributed by atoms with E-state index in [0.29, 0.717) is 30.8 Å². The van der Waals surface area contributed by atoms with Crippen molar-refractivity contribution in [2.75, 3.05) is 13.1 Å². The Morgan fingerprint density at radius 2 is 2.07 bits per heavy atom. The minimum absolute atomic E-state index is 0.0269. The Kier molecular flexibility index (Phi) is 5.15. The molecule has 0 N–H and O–H groups in total. The molecule has 4 rings (SSSR count). The lowest BCUT2D eigenvalue weighted by atomic mass is 9.93. The largest absolute Gasteiger partial charge is 0.433 e. The Morgan fingerprint density at radius 3 is 2.67 bits per heavy atom. The molecule has 0 bridgehead atoms. The molecule has 30 heavy (non-hydrogen) atoms. The first-order chi connectivity index (χ1) is 14.1. The molecule has 1 saturated heterocycles. The number of alkyl halides is 4. The summed E-state index contributed by atoms with van der Waals surface area (Å²) >= 11 is 0. The van der Waals surface area contributed by atoms with Crippen molar-refractivity contribution in [3.8, 4) is 0 Å². The average Bonchev–Trinajstić information content (AvgIpc) is 3.24. The van der Waals surface area contributed by atoms with E-state index in [0.717, 1.165) is 16.9 Å². The minimum Gasteiger partial charge on any atom is -0.338 e. The zero-order valence-corrected chi connectivity index (χ0v) is 16.3. The number of hydrogen-bond acceptors (Lipinski definition) is 4. The molecule has 2 aliphatic heterocycles. The van der Waals surface area contributed by atoms with E-state index in [1.807, 2.05) is 6.92 Å². The first kappa shape index (κ1) is 20.5. The van der Waals surface area contributed by atoms with Crippen LogP contribution in [0.3, 0.4) is 0 Å². The summed E-state index contributed by atoms with van der Waals surface area (Å²) in [6.45, 7) is 2.24. The summed E-state index contributed by atoms with van der Waals surface area (Å²) in [7, 11) is 0. The van der Waals surface area contributed by atoms with E-state index in [4.69, 9.17) is 0 Å². The lowest BCUT2D eigenvalue weighted by molar-refractivity contribution is -0.141. The summed E-state index contributed by atoms with van der Waals surface area (Å²) < 4.78 is 54.1. The van der Waals surface area contributed by atoms with Crippen LogP contribution in [-0.2, 0) is 23.9 Å². The number of carbonyl (C=O) groups is 1. The normalized spacial score (nSPS) is 24.2. The second-order valence-electron chi connectivity index (χ2n) is 8.01. The number of pyridine rings is 1. The Morgan fingerprint density at radius 1 is 1.30 bits per heavy atom. The average molecular weight is 427 g/mol. The monoisotopic (exact) mass is 427 g/mol. The summed E-state index contributed by atoms with van der Waals surface area (Å²) in [6.07, 6.45) is -3.29. The summed E-state index contributed by atoms with van der Waals surface area (Å²) in [5.74, 6) is 0.270. The third-order valence-corrected chi connectivity index (χ3v) is 5.58. The fraction of sp³-hybridized carbons (Fsp3) is 0.579. The third-order valence-electron chi connectivity index (χ3n) is 5.58. The van der Waals surface area contributed by atoms with Crippen molar-refractivity contribution in [3.63, 3.8) is 0 Å². The number of halogens is 4. The first-order valence-electron chi connectivity index (χ1n) is 9.76. The molecule has 0 aliphatic carbocycles. The third kappa shape index (κ3) is 3.84.